The number of hydrogen-bond donors (Lipinski definition) is 1. The molecule has 0 atom stereocenters. The lowest BCUT2D eigenvalue weighted by atomic mass is 9.76. The number of carbonyl (C=O) groups is 1. The second-order valence-electron chi connectivity index (χ2n) is 5.52. The molecule has 1 N–H and O–H groups in total. The molecule has 0 aliphatic rings. The van der Waals surface area contributed by atoms with Gasteiger partial charge in [0.1, 0.15) is 0 Å². The topological polar surface area (TPSA) is 29.1 Å². The molecule has 0 unspecified atom stereocenters. The van der Waals surface area contributed by atoms with Crippen LogP contribution in [0.3, 0.4) is 0 Å². The molecule has 2 nitrogen and oxygen atoms in total. The molecule has 0 radical (unpaired) electrons. The molecule has 1 amide bonds. The fourth-order valence-electron chi connectivity index (χ4n) is 0.640. The molecule has 78 valence electrons. The Bertz CT molecular complexity index is 187. The van der Waals surface area contributed by atoms with E-state index >= 15 is 0 Å². The summed E-state index contributed by atoms with van der Waals surface area (Å²) in [6.45, 7) is 14.3. The van der Waals surface area contributed by atoms with Crippen molar-refractivity contribution in [3.05, 3.63) is 0 Å². The molecule has 0 fully saturated rings. The van der Waals surface area contributed by atoms with Crippen LogP contribution < -0.4 is 5.32 Å². The molecule has 0 rings (SSSR count). The molecule has 0 spiro atoms. The number of rotatable bonds is 2. The second-order valence-corrected chi connectivity index (χ2v) is 5.52. The van der Waals surface area contributed by atoms with Crippen LogP contribution in [0.4, 0.5) is 0 Å². The van der Waals surface area contributed by atoms with Crippen molar-refractivity contribution < 1.29 is 4.79 Å². The van der Waals surface area contributed by atoms with E-state index in [1.165, 1.54) is 0 Å². The van der Waals surface area contributed by atoms with E-state index in [-0.39, 0.29) is 22.8 Å². The third kappa shape index (κ3) is 3.37. The van der Waals surface area contributed by atoms with Crippen molar-refractivity contribution in [1.82, 2.24) is 5.32 Å². The van der Waals surface area contributed by atoms with E-state index in [4.69, 9.17) is 0 Å². The lowest BCUT2D eigenvalue weighted by Crippen LogP contribution is -2.53. The van der Waals surface area contributed by atoms with Crippen molar-refractivity contribution in [2.45, 2.75) is 54.0 Å². The average Bonchev–Trinajstić information content (AvgIpc) is 1.83. The van der Waals surface area contributed by atoms with Crippen LogP contribution in [-0.4, -0.2) is 11.4 Å². The van der Waals surface area contributed by atoms with Gasteiger partial charge in [-0.3, -0.25) is 4.79 Å². The summed E-state index contributed by atoms with van der Waals surface area (Å²) in [4.78, 5) is 11.5. The zero-order valence-electron chi connectivity index (χ0n) is 9.99. The summed E-state index contributed by atoms with van der Waals surface area (Å²) in [7, 11) is 0. The highest BCUT2D eigenvalue weighted by Crippen LogP contribution is 2.29. The maximum atomic E-state index is 11.5. The minimum atomic E-state index is -0.158. The Morgan fingerprint density at radius 1 is 1.08 bits per heavy atom. The highest BCUT2D eigenvalue weighted by molar-refractivity contribution is 5.78. The van der Waals surface area contributed by atoms with Crippen LogP contribution in [0.2, 0.25) is 0 Å². The lowest BCUT2D eigenvalue weighted by molar-refractivity contribution is -0.126. The van der Waals surface area contributed by atoms with Crippen molar-refractivity contribution in [3.63, 3.8) is 0 Å². The summed E-state index contributed by atoms with van der Waals surface area (Å²) in [6, 6.07) is 0. The van der Waals surface area contributed by atoms with Crippen LogP contribution in [0, 0.1) is 11.3 Å². The zero-order chi connectivity index (χ0) is 10.9. The van der Waals surface area contributed by atoms with Gasteiger partial charge >= 0.3 is 0 Å². The van der Waals surface area contributed by atoms with E-state index in [0.29, 0.717) is 0 Å². The Hall–Kier alpha value is -0.530. The molecule has 2 heteroatoms. The largest absolute Gasteiger partial charge is 0.350 e. The summed E-state index contributed by atoms with van der Waals surface area (Å²) >= 11 is 0. The van der Waals surface area contributed by atoms with Gasteiger partial charge in [0.25, 0.3) is 0 Å². The maximum Gasteiger partial charge on any atom is 0.222 e. The van der Waals surface area contributed by atoms with Crippen molar-refractivity contribution in [2.75, 3.05) is 0 Å². The first-order valence-electron chi connectivity index (χ1n) is 4.90. The van der Waals surface area contributed by atoms with E-state index in [0.717, 1.165) is 0 Å². The van der Waals surface area contributed by atoms with Crippen molar-refractivity contribution in [3.8, 4) is 0 Å². The summed E-state index contributed by atoms with van der Waals surface area (Å²) in [5.74, 6) is 0.182. The van der Waals surface area contributed by atoms with Gasteiger partial charge in [0.05, 0.1) is 0 Å². The van der Waals surface area contributed by atoms with Gasteiger partial charge in [-0.25, -0.2) is 0 Å². The van der Waals surface area contributed by atoms with Crippen LogP contribution in [0.5, 0.6) is 0 Å². The predicted octanol–water partition coefficient (Wildman–Crippen LogP) is 2.58. The molecule has 0 aromatic heterocycles. The van der Waals surface area contributed by atoms with E-state index in [9.17, 15) is 4.79 Å². The smallest absolute Gasteiger partial charge is 0.222 e. The Morgan fingerprint density at radius 2 is 1.46 bits per heavy atom. The van der Waals surface area contributed by atoms with E-state index in [2.05, 4.69) is 39.9 Å². The number of amides is 1. The number of carbonyl (C=O) groups excluding carboxylic acids is 1. The van der Waals surface area contributed by atoms with Gasteiger partial charge in [-0.15, -0.1) is 0 Å². The molecule has 0 aliphatic carbocycles. The van der Waals surface area contributed by atoms with Gasteiger partial charge in [-0.1, -0.05) is 34.6 Å². The molecule has 0 aromatic rings. The summed E-state index contributed by atoms with van der Waals surface area (Å²) < 4.78 is 0. The first-order chi connectivity index (χ1) is 5.58. The standard InChI is InChI=1S/C11H23NO/c1-8(2)9(13)12-11(6,7)10(3,4)5/h8H,1-7H3,(H,12,13). The van der Waals surface area contributed by atoms with Gasteiger partial charge in [-0.05, 0) is 19.3 Å². The first kappa shape index (κ1) is 12.5. The van der Waals surface area contributed by atoms with E-state index in [1.54, 1.807) is 0 Å². The van der Waals surface area contributed by atoms with Crippen molar-refractivity contribution in [2.24, 2.45) is 11.3 Å². The number of hydrogen-bond acceptors (Lipinski definition) is 1. The normalized spacial score (nSPS) is 13.2. The molecule has 0 bridgehead atoms. The van der Waals surface area contributed by atoms with E-state index in [1.807, 2.05) is 13.8 Å². The molecule has 0 saturated carbocycles. The fourth-order valence-corrected chi connectivity index (χ4v) is 0.640. The van der Waals surface area contributed by atoms with Crippen LogP contribution in [0.15, 0.2) is 0 Å². The van der Waals surface area contributed by atoms with Crippen LogP contribution in [0.25, 0.3) is 0 Å². The van der Waals surface area contributed by atoms with Crippen LogP contribution in [-0.2, 0) is 4.79 Å². The van der Waals surface area contributed by atoms with Gasteiger partial charge in [0, 0.05) is 11.5 Å². The quantitative estimate of drug-likeness (QED) is 0.704. The molecular formula is C11H23NO. The minimum Gasteiger partial charge on any atom is -0.350 e. The lowest BCUT2D eigenvalue weighted by Gasteiger charge is -2.40. The molecule has 13 heavy (non-hydrogen) atoms. The second kappa shape index (κ2) is 3.69. The summed E-state index contributed by atoms with van der Waals surface area (Å²) in [6.07, 6.45) is 0. The van der Waals surface area contributed by atoms with Crippen LogP contribution >= 0.6 is 0 Å². The summed E-state index contributed by atoms with van der Waals surface area (Å²) in [5.41, 5.74) is -0.0775. The fraction of sp³-hybridized carbons (Fsp3) is 0.909. The predicted molar refractivity (Wildman–Crippen MR) is 56.5 cm³/mol. The Labute approximate surface area is 82.1 Å². The zero-order valence-corrected chi connectivity index (χ0v) is 9.99. The molecule has 0 heterocycles. The summed E-state index contributed by atoms with van der Waals surface area (Å²) in [5, 5.41) is 3.06. The highest BCUT2D eigenvalue weighted by atomic mass is 16.2. The third-order valence-electron chi connectivity index (χ3n) is 2.84. The van der Waals surface area contributed by atoms with Crippen molar-refractivity contribution in [1.29, 1.82) is 0 Å². The van der Waals surface area contributed by atoms with Gasteiger partial charge < -0.3 is 5.32 Å². The minimum absolute atomic E-state index is 0.0571. The SMILES string of the molecule is CC(C)C(=O)NC(C)(C)C(C)(C)C. The number of nitrogens with one attached hydrogen (secondary N) is 1. The molecular weight excluding hydrogens is 162 g/mol. The highest BCUT2D eigenvalue weighted by Gasteiger charge is 2.34. The third-order valence-corrected chi connectivity index (χ3v) is 2.84. The monoisotopic (exact) mass is 185 g/mol. The molecule has 0 aromatic carbocycles. The Balaban J connectivity index is 4.44. The van der Waals surface area contributed by atoms with Gasteiger partial charge in [-0.2, -0.15) is 0 Å². The van der Waals surface area contributed by atoms with Gasteiger partial charge in [0.2, 0.25) is 5.91 Å². The Kier molecular flexibility index (Phi) is 3.54. The van der Waals surface area contributed by atoms with Crippen LogP contribution in [0.1, 0.15) is 48.5 Å². The van der Waals surface area contributed by atoms with E-state index < -0.39 is 0 Å². The van der Waals surface area contributed by atoms with Crippen molar-refractivity contribution >= 4 is 5.91 Å². The maximum absolute atomic E-state index is 11.5. The molecule has 0 aliphatic heterocycles. The first-order valence-corrected chi connectivity index (χ1v) is 4.90. The molecule has 0 saturated heterocycles. The average molecular weight is 185 g/mol. The van der Waals surface area contributed by atoms with Gasteiger partial charge in [0.15, 0.2) is 0 Å². The Morgan fingerprint density at radius 3 is 1.69 bits per heavy atom.